The van der Waals surface area contributed by atoms with Crippen molar-refractivity contribution in [1.29, 1.82) is 0 Å². The van der Waals surface area contributed by atoms with Crippen LogP contribution in [0.25, 0.3) is 0 Å². The van der Waals surface area contributed by atoms with E-state index in [9.17, 15) is 14.7 Å². The molecule has 5 nitrogen and oxygen atoms in total. The minimum atomic E-state index is -1.03. The summed E-state index contributed by atoms with van der Waals surface area (Å²) in [5.74, 6) is -1.03. The molecule has 1 aromatic rings. The summed E-state index contributed by atoms with van der Waals surface area (Å²) in [6, 6.07) is 6.20. The molecule has 0 spiro atoms. The van der Waals surface area contributed by atoms with Crippen LogP contribution < -0.4 is 10.2 Å². The van der Waals surface area contributed by atoms with E-state index in [0.29, 0.717) is 6.54 Å². The number of aryl methyl sites for hydroxylation is 1. The fourth-order valence-corrected chi connectivity index (χ4v) is 2.14. The number of para-hydroxylation sites is 1. The first-order valence-corrected chi connectivity index (χ1v) is 7.05. The molecule has 0 aliphatic heterocycles. The zero-order valence-electron chi connectivity index (χ0n) is 13.3. The van der Waals surface area contributed by atoms with Gasteiger partial charge >= 0.3 is 12.0 Å². The predicted molar refractivity (Wildman–Crippen MR) is 83.6 cm³/mol. The molecular formula is C16H24N2O3. The molecule has 0 radical (unpaired) electrons. The largest absolute Gasteiger partial charge is 0.480 e. The van der Waals surface area contributed by atoms with Crippen LogP contribution in [0.15, 0.2) is 24.3 Å². The molecule has 0 saturated carbocycles. The first-order valence-electron chi connectivity index (χ1n) is 7.05. The number of anilines is 1. The maximum atomic E-state index is 12.4. The number of carboxylic acid groups (broad SMARTS) is 1. The summed E-state index contributed by atoms with van der Waals surface area (Å²) in [6.07, 6.45) is 0. The third-order valence-corrected chi connectivity index (χ3v) is 3.35. The number of carbonyl (C=O) groups is 2. The number of urea groups is 1. The SMILES string of the molecule is CCN(C(=O)N[C@H](C(=O)O)C(C)(C)C)c1ccccc1C. The van der Waals surface area contributed by atoms with Crippen molar-refractivity contribution in [2.75, 3.05) is 11.4 Å². The minimum Gasteiger partial charge on any atom is -0.480 e. The average Bonchev–Trinajstić information content (AvgIpc) is 2.37. The molecule has 21 heavy (non-hydrogen) atoms. The topological polar surface area (TPSA) is 69.6 Å². The van der Waals surface area contributed by atoms with E-state index in [4.69, 9.17) is 0 Å². The van der Waals surface area contributed by atoms with E-state index in [1.165, 1.54) is 0 Å². The van der Waals surface area contributed by atoms with E-state index in [0.717, 1.165) is 11.3 Å². The molecule has 0 saturated heterocycles. The van der Waals surface area contributed by atoms with Crippen molar-refractivity contribution in [3.63, 3.8) is 0 Å². The lowest BCUT2D eigenvalue weighted by atomic mass is 9.87. The average molecular weight is 292 g/mol. The van der Waals surface area contributed by atoms with Gasteiger partial charge in [0.1, 0.15) is 6.04 Å². The Morgan fingerprint density at radius 3 is 2.29 bits per heavy atom. The van der Waals surface area contributed by atoms with Crippen molar-refractivity contribution in [2.45, 2.75) is 40.7 Å². The monoisotopic (exact) mass is 292 g/mol. The maximum absolute atomic E-state index is 12.4. The Kier molecular flexibility index (Phi) is 5.35. The summed E-state index contributed by atoms with van der Waals surface area (Å²) in [6.45, 7) is 9.61. The first-order chi connectivity index (χ1) is 9.68. The van der Waals surface area contributed by atoms with Crippen molar-refractivity contribution < 1.29 is 14.7 Å². The van der Waals surface area contributed by atoms with Gasteiger partial charge in [-0.1, -0.05) is 39.0 Å². The van der Waals surface area contributed by atoms with Crippen LogP contribution in [-0.4, -0.2) is 29.7 Å². The van der Waals surface area contributed by atoms with Gasteiger partial charge in [0.2, 0.25) is 0 Å². The highest BCUT2D eigenvalue weighted by Gasteiger charge is 2.33. The van der Waals surface area contributed by atoms with Crippen LogP contribution in [0.3, 0.4) is 0 Å². The summed E-state index contributed by atoms with van der Waals surface area (Å²) in [5.41, 5.74) is 1.19. The second-order valence-electron chi connectivity index (χ2n) is 6.12. The molecule has 0 aliphatic rings. The van der Waals surface area contributed by atoms with Gasteiger partial charge in [-0.05, 0) is 30.9 Å². The molecule has 2 amide bonds. The van der Waals surface area contributed by atoms with Crippen molar-refractivity contribution in [3.05, 3.63) is 29.8 Å². The third-order valence-electron chi connectivity index (χ3n) is 3.35. The third kappa shape index (κ3) is 4.21. The standard InChI is InChI=1S/C16H24N2O3/c1-6-18(12-10-8-7-9-11(12)2)15(21)17-13(14(19)20)16(3,4)5/h7-10,13H,6H2,1-5H3,(H,17,21)(H,19,20)/t13-/m1/s1. The Morgan fingerprint density at radius 1 is 1.29 bits per heavy atom. The second kappa shape index (κ2) is 6.61. The fraction of sp³-hybridized carbons (Fsp3) is 0.500. The van der Waals surface area contributed by atoms with Crippen molar-refractivity contribution in [3.8, 4) is 0 Å². The molecule has 116 valence electrons. The molecule has 1 atom stereocenters. The van der Waals surface area contributed by atoms with E-state index in [-0.39, 0.29) is 0 Å². The number of amides is 2. The number of rotatable bonds is 4. The number of nitrogens with one attached hydrogen (secondary N) is 1. The molecule has 2 N–H and O–H groups in total. The summed E-state index contributed by atoms with van der Waals surface area (Å²) < 4.78 is 0. The first kappa shape index (κ1) is 17.0. The lowest BCUT2D eigenvalue weighted by Crippen LogP contribution is -2.53. The van der Waals surface area contributed by atoms with E-state index in [2.05, 4.69) is 5.32 Å². The number of nitrogens with zero attached hydrogens (tertiary/aromatic N) is 1. The predicted octanol–water partition coefficient (Wildman–Crippen LogP) is 3.03. The quantitative estimate of drug-likeness (QED) is 0.896. The number of hydrogen-bond acceptors (Lipinski definition) is 2. The van der Waals surface area contributed by atoms with Crippen molar-refractivity contribution >= 4 is 17.7 Å². The van der Waals surface area contributed by atoms with Gasteiger partial charge in [0.15, 0.2) is 0 Å². The van der Waals surface area contributed by atoms with Crippen molar-refractivity contribution in [2.24, 2.45) is 5.41 Å². The molecule has 0 fully saturated rings. The fourth-order valence-electron chi connectivity index (χ4n) is 2.14. The smallest absolute Gasteiger partial charge is 0.326 e. The zero-order valence-corrected chi connectivity index (χ0v) is 13.3. The van der Waals surface area contributed by atoms with Crippen LogP contribution >= 0.6 is 0 Å². The molecule has 0 unspecified atom stereocenters. The minimum absolute atomic E-state index is 0.394. The summed E-state index contributed by atoms with van der Waals surface area (Å²) in [5, 5.41) is 11.9. The highest BCUT2D eigenvalue weighted by molar-refractivity contribution is 5.95. The Bertz CT molecular complexity index is 520. The van der Waals surface area contributed by atoms with Crippen LogP contribution in [-0.2, 0) is 4.79 Å². The number of carbonyl (C=O) groups excluding carboxylic acids is 1. The van der Waals surface area contributed by atoms with E-state index in [1.54, 1.807) is 25.7 Å². The van der Waals surface area contributed by atoms with E-state index in [1.807, 2.05) is 38.1 Å². The number of aliphatic carboxylic acids is 1. The number of hydrogen-bond donors (Lipinski definition) is 2. The van der Waals surface area contributed by atoms with Crippen molar-refractivity contribution in [1.82, 2.24) is 5.32 Å². The van der Waals surface area contributed by atoms with E-state index >= 15 is 0 Å². The summed E-state index contributed by atoms with van der Waals surface area (Å²) in [7, 11) is 0. The summed E-state index contributed by atoms with van der Waals surface area (Å²) in [4.78, 5) is 25.4. The Labute approximate surface area is 126 Å². The molecule has 0 bridgehead atoms. The zero-order chi connectivity index (χ0) is 16.2. The van der Waals surface area contributed by atoms with Crippen LogP contribution in [0.4, 0.5) is 10.5 Å². The molecule has 5 heteroatoms. The summed E-state index contributed by atoms with van der Waals surface area (Å²) >= 11 is 0. The maximum Gasteiger partial charge on any atom is 0.326 e. The van der Waals surface area contributed by atoms with Gasteiger partial charge in [0, 0.05) is 12.2 Å². The molecule has 0 heterocycles. The number of benzene rings is 1. The molecule has 1 aromatic carbocycles. The lowest BCUT2D eigenvalue weighted by molar-refractivity contribution is -0.141. The van der Waals surface area contributed by atoms with Gasteiger partial charge in [-0.15, -0.1) is 0 Å². The van der Waals surface area contributed by atoms with Crippen LogP contribution in [0.2, 0.25) is 0 Å². The van der Waals surface area contributed by atoms with Crippen LogP contribution in [0.1, 0.15) is 33.3 Å². The molecule has 1 rings (SSSR count). The molecular weight excluding hydrogens is 268 g/mol. The highest BCUT2D eigenvalue weighted by atomic mass is 16.4. The van der Waals surface area contributed by atoms with Gasteiger partial charge < -0.3 is 10.4 Å². The highest BCUT2D eigenvalue weighted by Crippen LogP contribution is 2.22. The van der Waals surface area contributed by atoms with Gasteiger partial charge in [0.25, 0.3) is 0 Å². The van der Waals surface area contributed by atoms with Gasteiger partial charge in [-0.25, -0.2) is 9.59 Å². The van der Waals surface area contributed by atoms with Gasteiger partial charge in [0.05, 0.1) is 0 Å². The lowest BCUT2D eigenvalue weighted by Gasteiger charge is -2.31. The molecule has 0 aliphatic carbocycles. The van der Waals surface area contributed by atoms with Crippen LogP contribution in [0.5, 0.6) is 0 Å². The van der Waals surface area contributed by atoms with Crippen LogP contribution in [0, 0.1) is 12.3 Å². The Morgan fingerprint density at radius 2 is 1.86 bits per heavy atom. The Balaban J connectivity index is 3.00. The van der Waals surface area contributed by atoms with Gasteiger partial charge in [-0.2, -0.15) is 0 Å². The normalized spacial score (nSPS) is 12.6. The van der Waals surface area contributed by atoms with Gasteiger partial charge in [-0.3, -0.25) is 4.90 Å². The molecule has 0 aromatic heterocycles. The number of carboxylic acids is 1. The van der Waals surface area contributed by atoms with E-state index < -0.39 is 23.5 Å². The second-order valence-corrected chi connectivity index (χ2v) is 6.12. The Hall–Kier alpha value is -2.04.